The lowest BCUT2D eigenvalue weighted by Gasteiger charge is -2.36. The number of H-pyrrole nitrogens is 1. The van der Waals surface area contributed by atoms with E-state index >= 15 is 0 Å². The molecule has 0 fully saturated rings. The first-order chi connectivity index (χ1) is 13.9. The summed E-state index contributed by atoms with van der Waals surface area (Å²) in [6, 6.07) is 16.6. The molecule has 0 aliphatic rings. The number of benzene rings is 2. The third kappa shape index (κ3) is 5.56. The van der Waals surface area contributed by atoms with E-state index in [0.717, 1.165) is 25.1 Å². The molecular formula is C24H29N3O2. The number of aromatic amines is 1. The number of hydrogen-bond acceptors (Lipinski definition) is 3. The number of carbonyl (C=O) groups is 1. The second kappa shape index (κ2) is 9.07. The van der Waals surface area contributed by atoms with Crippen molar-refractivity contribution in [1.82, 2.24) is 15.4 Å². The number of fused-ring (bicyclic) bond motifs is 1. The summed E-state index contributed by atoms with van der Waals surface area (Å²) in [4.78, 5) is 16.9. The van der Waals surface area contributed by atoms with E-state index in [9.17, 15) is 4.79 Å². The average molecular weight is 392 g/mol. The highest BCUT2D eigenvalue weighted by molar-refractivity contribution is 5.90. The molecule has 0 saturated carbocycles. The molecule has 0 unspecified atom stereocenters. The number of hydrogen-bond donors (Lipinski definition) is 3. The van der Waals surface area contributed by atoms with E-state index in [-0.39, 0.29) is 5.54 Å². The minimum absolute atomic E-state index is 0.0455. The first-order valence-corrected chi connectivity index (χ1v) is 9.88. The van der Waals surface area contributed by atoms with Crippen LogP contribution in [-0.2, 0) is 17.8 Å². The van der Waals surface area contributed by atoms with Crippen LogP contribution in [-0.4, -0.2) is 33.1 Å². The summed E-state index contributed by atoms with van der Waals surface area (Å²) in [5.41, 5.74) is 6.31. The fourth-order valence-electron chi connectivity index (χ4n) is 3.41. The predicted molar refractivity (Wildman–Crippen MR) is 118 cm³/mol. The minimum atomic E-state index is -0.537. The third-order valence-electron chi connectivity index (χ3n) is 5.17. The van der Waals surface area contributed by atoms with Gasteiger partial charge in [-0.1, -0.05) is 42.5 Å². The van der Waals surface area contributed by atoms with Crippen molar-refractivity contribution in [2.24, 2.45) is 0 Å². The topological polar surface area (TPSA) is 68.4 Å². The number of nitrogens with zero attached hydrogens (tertiary/aromatic N) is 1. The van der Waals surface area contributed by atoms with E-state index in [2.05, 4.69) is 73.3 Å². The Bertz CT molecular complexity index is 981. The predicted octanol–water partition coefficient (Wildman–Crippen LogP) is 4.53. The number of nitrogens with one attached hydrogen (secondary N) is 2. The Morgan fingerprint density at radius 3 is 2.55 bits per heavy atom. The Kier molecular flexibility index (Phi) is 6.52. The van der Waals surface area contributed by atoms with Crippen LogP contribution in [0.1, 0.15) is 37.5 Å². The van der Waals surface area contributed by atoms with Gasteiger partial charge in [0, 0.05) is 41.8 Å². The van der Waals surface area contributed by atoms with Crippen molar-refractivity contribution >= 4 is 22.9 Å². The molecule has 3 rings (SSSR count). The molecule has 29 heavy (non-hydrogen) atoms. The zero-order valence-electron chi connectivity index (χ0n) is 17.3. The van der Waals surface area contributed by atoms with Crippen LogP contribution in [0.5, 0.6) is 0 Å². The maximum absolute atomic E-state index is 11.1. The van der Waals surface area contributed by atoms with Gasteiger partial charge in [0.1, 0.15) is 0 Å². The zero-order chi connectivity index (χ0) is 20.9. The van der Waals surface area contributed by atoms with Crippen molar-refractivity contribution in [3.05, 3.63) is 77.5 Å². The molecule has 3 N–H and O–H groups in total. The van der Waals surface area contributed by atoms with E-state index in [1.807, 2.05) is 12.1 Å². The lowest BCUT2D eigenvalue weighted by molar-refractivity contribution is -0.124. The molecule has 1 aromatic heterocycles. The van der Waals surface area contributed by atoms with Crippen molar-refractivity contribution in [3.8, 4) is 0 Å². The lowest BCUT2D eigenvalue weighted by Crippen LogP contribution is -2.42. The van der Waals surface area contributed by atoms with Gasteiger partial charge in [-0.2, -0.15) is 0 Å². The van der Waals surface area contributed by atoms with E-state index in [4.69, 9.17) is 5.21 Å². The number of hydroxylamine groups is 1. The molecule has 0 radical (unpaired) electrons. The van der Waals surface area contributed by atoms with Gasteiger partial charge in [0.05, 0.1) is 0 Å². The van der Waals surface area contributed by atoms with Crippen molar-refractivity contribution in [3.63, 3.8) is 0 Å². The van der Waals surface area contributed by atoms with Crippen LogP contribution < -0.4 is 5.48 Å². The lowest BCUT2D eigenvalue weighted by atomic mass is 10.0. The fraction of sp³-hybridized carbons (Fsp3) is 0.292. The van der Waals surface area contributed by atoms with Crippen molar-refractivity contribution in [2.45, 2.75) is 39.3 Å². The number of carbonyl (C=O) groups excluding carboxylic acids is 1. The number of amides is 1. The maximum Gasteiger partial charge on any atom is 0.267 e. The summed E-state index contributed by atoms with van der Waals surface area (Å²) in [5.74, 6) is -0.537. The Morgan fingerprint density at radius 1 is 1.14 bits per heavy atom. The van der Waals surface area contributed by atoms with Gasteiger partial charge in [-0.3, -0.25) is 14.9 Å². The van der Waals surface area contributed by atoms with Crippen LogP contribution in [0.25, 0.3) is 17.0 Å². The molecule has 0 aliphatic carbocycles. The molecule has 0 atom stereocenters. The standard InChI is InChI=1S/C24H29N3O2/c1-24(2,3)27(15-14-20-16-25-22-7-5-4-6-21(20)22)17-19-10-8-18(9-11-19)12-13-23(28)26-29/h4-13,16,25,29H,14-15,17H2,1-3H3,(H,26,28)/b13-12+. The SMILES string of the molecule is CC(C)(C)N(CCc1c[nH]c2ccccc12)Cc1ccc(/C=C/C(=O)NO)cc1. The molecular weight excluding hydrogens is 362 g/mol. The molecule has 5 heteroatoms. The van der Waals surface area contributed by atoms with E-state index in [1.54, 1.807) is 11.6 Å². The van der Waals surface area contributed by atoms with Gasteiger partial charge in [0.15, 0.2) is 0 Å². The molecule has 2 aromatic carbocycles. The summed E-state index contributed by atoms with van der Waals surface area (Å²) in [5, 5.41) is 9.85. The minimum Gasteiger partial charge on any atom is -0.361 e. The Labute approximate surface area is 172 Å². The molecule has 0 bridgehead atoms. The normalized spacial score (nSPS) is 12.2. The summed E-state index contributed by atoms with van der Waals surface area (Å²) in [7, 11) is 0. The van der Waals surface area contributed by atoms with Crippen LogP contribution in [0, 0.1) is 0 Å². The molecule has 0 saturated heterocycles. The van der Waals surface area contributed by atoms with Gasteiger partial charge < -0.3 is 4.98 Å². The highest BCUT2D eigenvalue weighted by Gasteiger charge is 2.21. The van der Waals surface area contributed by atoms with Gasteiger partial charge in [-0.05, 0) is 56.0 Å². The third-order valence-corrected chi connectivity index (χ3v) is 5.17. The Morgan fingerprint density at radius 2 is 1.86 bits per heavy atom. The Balaban J connectivity index is 1.68. The maximum atomic E-state index is 11.1. The molecule has 5 nitrogen and oxygen atoms in total. The monoisotopic (exact) mass is 391 g/mol. The van der Waals surface area contributed by atoms with Crippen LogP contribution in [0.2, 0.25) is 0 Å². The second-order valence-electron chi connectivity index (χ2n) is 8.25. The van der Waals surface area contributed by atoms with Crippen LogP contribution in [0.3, 0.4) is 0 Å². The summed E-state index contributed by atoms with van der Waals surface area (Å²) in [6.45, 7) is 8.54. The van der Waals surface area contributed by atoms with Crippen LogP contribution in [0.15, 0.2) is 60.8 Å². The smallest absolute Gasteiger partial charge is 0.267 e. The summed E-state index contributed by atoms with van der Waals surface area (Å²) < 4.78 is 0. The fourth-order valence-corrected chi connectivity index (χ4v) is 3.41. The van der Waals surface area contributed by atoms with E-state index in [1.165, 1.54) is 28.1 Å². The summed E-state index contributed by atoms with van der Waals surface area (Å²) >= 11 is 0. The number of rotatable bonds is 7. The largest absolute Gasteiger partial charge is 0.361 e. The number of para-hydroxylation sites is 1. The van der Waals surface area contributed by atoms with Gasteiger partial charge in [-0.15, -0.1) is 0 Å². The highest BCUT2D eigenvalue weighted by Crippen LogP contribution is 2.22. The van der Waals surface area contributed by atoms with Gasteiger partial charge in [0.25, 0.3) is 5.91 Å². The van der Waals surface area contributed by atoms with Gasteiger partial charge in [0.2, 0.25) is 0 Å². The molecule has 1 heterocycles. The Hall–Kier alpha value is -2.89. The first-order valence-electron chi connectivity index (χ1n) is 9.88. The van der Waals surface area contributed by atoms with Gasteiger partial charge >= 0.3 is 0 Å². The van der Waals surface area contributed by atoms with Crippen molar-refractivity contribution in [2.75, 3.05) is 6.54 Å². The summed E-state index contributed by atoms with van der Waals surface area (Å²) in [6.07, 6.45) is 6.08. The molecule has 0 aliphatic heterocycles. The van der Waals surface area contributed by atoms with Gasteiger partial charge in [-0.25, -0.2) is 5.48 Å². The molecule has 0 spiro atoms. The van der Waals surface area contributed by atoms with Crippen LogP contribution >= 0.6 is 0 Å². The quantitative estimate of drug-likeness (QED) is 0.315. The second-order valence-corrected chi connectivity index (χ2v) is 8.25. The highest BCUT2D eigenvalue weighted by atomic mass is 16.5. The van der Waals surface area contributed by atoms with Crippen molar-refractivity contribution in [1.29, 1.82) is 0 Å². The van der Waals surface area contributed by atoms with Crippen LogP contribution in [0.4, 0.5) is 0 Å². The zero-order valence-corrected chi connectivity index (χ0v) is 17.3. The van der Waals surface area contributed by atoms with E-state index in [0.29, 0.717) is 0 Å². The number of aromatic nitrogens is 1. The molecule has 3 aromatic rings. The molecule has 152 valence electrons. The van der Waals surface area contributed by atoms with E-state index < -0.39 is 5.91 Å². The average Bonchev–Trinajstić information content (AvgIpc) is 3.12. The first kappa shape index (κ1) is 20.8. The van der Waals surface area contributed by atoms with Crippen molar-refractivity contribution < 1.29 is 10.0 Å². The molecule has 1 amide bonds.